The molecule has 0 N–H and O–H groups in total. The number of hydrogen-bond acceptors (Lipinski definition) is 1. The monoisotopic (exact) mass is 345 g/mol. The van der Waals surface area contributed by atoms with Crippen molar-refractivity contribution in [1.29, 1.82) is 0 Å². The van der Waals surface area contributed by atoms with Crippen LogP contribution in [0.3, 0.4) is 0 Å². The molecule has 0 spiro atoms. The van der Waals surface area contributed by atoms with Gasteiger partial charge in [0.05, 0.1) is 0 Å². The quantitative estimate of drug-likeness (QED) is 0.601. The summed E-state index contributed by atoms with van der Waals surface area (Å²) in [5.41, 5.74) is 2.77. The Bertz CT molecular complexity index is 452. The van der Waals surface area contributed by atoms with E-state index < -0.39 is 0 Å². The van der Waals surface area contributed by atoms with E-state index in [1.165, 1.54) is 17.5 Å². The molecule has 0 amide bonds. The second kappa shape index (κ2) is 9.01. The molecule has 21 heavy (non-hydrogen) atoms. The first-order valence-corrected chi connectivity index (χ1v) is 8.80. The van der Waals surface area contributed by atoms with Gasteiger partial charge in [0.2, 0.25) is 0 Å². The molecular weight excluding hydrogens is 322 g/mol. The van der Waals surface area contributed by atoms with Crippen LogP contribution in [0, 0.1) is 5.92 Å². The van der Waals surface area contributed by atoms with E-state index in [1.807, 2.05) is 0 Å². The molecule has 0 bridgehead atoms. The Balaban J connectivity index is 2.06. The second-order valence-electron chi connectivity index (χ2n) is 5.57. The van der Waals surface area contributed by atoms with Gasteiger partial charge < -0.3 is 0 Å². The topological polar surface area (TPSA) is 3.24 Å². The Labute approximate surface area is 137 Å². The predicted molar refractivity (Wildman–Crippen MR) is 94.6 cm³/mol. The van der Waals surface area contributed by atoms with E-state index in [9.17, 15) is 0 Å². The molecule has 1 nitrogen and oxygen atoms in total. The fourth-order valence-electron chi connectivity index (χ4n) is 2.52. The van der Waals surface area contributed by atoms with Crippen molar-refractivity contribution < 1.29 is 0 Å². The summed E-state index contributed by atoms with van der Waals surface area (Å²) in [5, 5.41) is 1.07. The number of rotatable bonds is 8. The lowest BCUT2D eigenvalue weighted by atomic mass is 10.1. The highest BCUT2D eigenvalue weighted by Gasteiger charge is 2.13. The molecule has 0 fully saturated rings. The first kappa shape index (κ1) is 16.3. The van der Waals surface area contributed by atoms with E-state index in [0.29, 0.717) is 5.92 Å². The lowest BCUT2D eigenvalue weighted by molar-refractivity contribution is 0.221. The van der Waals surface area contributed by atoms with Gasteiger partial charge in [-0.2, -0.15) is 0 Å². The molecule has 0 aromatic heterocycles. The van der Waals surface area contributed by atoms with Gasteiger partial charge in [0.25, 0.3) is 0 Å². The third-order valence-corrected chi connectivity index (χ3v) is 4.73. The number of alkyl halides is 1. The molecule has 2 rings (SSSR count). The zero-order chi connectivity index (χ0) is 14.9. The summed E-state index contributed by atoms with van der Waals surface area (Å²) in [6.45, 7) is 5.43. The highest BCUT2D eigenvalue weighted by Crippen LogP contribution is 2.15. The smallest absolute Gasteiger partial charge is 0.0237 e. The molecule has 0 aliphatic carbocycles. The van der Waals surface area contributed by atoms with Crippen LogP contribution in [0.5, 0.6) is 0 Å². The lowest BCUT2D eigenvalue weighted by Crippen LogP contribution is -2.29. The molecule has 2 aromatic carbocycles. The Hall–Kier alpha value is -1.12. The van der Waals surface area contributed by atoms with Crippen molar-refractivity contribution >= 4 is 15.9 Å². The molecule has 0 saturated heterocycles. The molecule has 0 saturated carbocycles. The van der Waals surface area contributed by atoms with Gasteiger partial charge in [-0.05, 0) is 17.0 Å². The molecular formula is C19H24BrN. The molecule has 0 aliphatic heterocycles. The highest BCUT2D eigenvalue weighted by molar-refractivity contribution is 9.09. The normalized spacial score (nSPS) is 12.5. The summed E-state index contributed by atoms with van der Waals surface area (Å²) in [7, 11) is 0. The predicted octanol–water partition coefficient (Wildman–Crippen LogP) is 5.11. The zero-order valence-corrected chi connectivity index (χ0v) is 14.3. The van der Waals surface area contributed by atoms with Crippen molar-refractivity contribution in [3.05, 3.63) is 71.8 Å². The minimum absolute atomic E-state index is 0.706. The Morgan fingerprint density at radius 2 is 1.33 bits per heavy atom. The maximum absolute atomic E-state index is 3.65. The maximum atomic E-state index is 3.65. The van der Waals surface area contributed by atoms with Crippen LogP contribution in [0.1, 0.15) is 24.5 Å². The SMILES string of the molecule is CCC(CBr)CN(Cc1ccccc1)Cc1ccccc1. The van der Waals surface area contributed by atoms with Crippen LogP contribution >= 0.6 is 15.9 Å². The van der Waals surface area contributed by atoms with Gasteiger partial charge in [-0.25, -0.2) is 0 Å². The molecule has 0 radical (unpaired) electrons. The van der Waals surface area contributed by atoms with Crippen molar-refractivity contribution in [1.82, 2.24) is 4.90 Å². The summed E-state index contributed by atoms with van der Waals surface area (Å²) < 4.78 is 0. The van der Waals surface area contributed by atoms with E-state index >= 15 is 0 Å². The van der Waals surface area contributed by atoms with Crippen molar-refractivity contribution in [3.8, 4) is 0 Å². The summed E-state index contributed by atoms with van der Waals surface area (Å²) in [6.07, 6.45) is 1.21. The van der Waals surface area contributed by atoms with Gasteiger partial charge in [0.15, 0.2) is 0 Å². The van der Waals surface area contributed by atoms with Crippen LogP contribution in [0.4, 0.5) is 0 Å². The fourth-order valence-corrected chi connectivity index (χ4v) is 3.18. The molecule has 1 unspecified atom stereocenters. The van der Waals surface area contributed by atoms with E-state index in [2.05, 4.69) is 88.4 Å². The minimum Gasteiger partial charge on any atom is -0.295 e. The Morgan fingerprint density at radius 3 is 1.71 bits per heavy atom. The maximum Gasteiger partial charge on any atom is 0.0237 e. The Morgan fingerprint density at radius 1 is 0.857 bits per heavy atom. The molecule has 0 aliphatic rings. The first-order chi connectivity index (χ1) is 10.3. The average molecular weight is 346 g/mol. The van der Waals surface area contributed by atoms with Crippen LogP contribution < -0.4 is 0 Å². The van der Waals surface area contributed by atoms with Gasteiger partial charge in [-0.3, -0.25) is 4.90 Å². The van der Waals surface area contributed by atoms with Crippen LogP contribution in [-0.4, -0.2) is 16.8 Å². The van der Waals surface area contributed by atoms with E-state index in [1.54, 1.807) is 0 Å². The molecule has 1 atom stereocenters. The summed E-state index contributed by atoms with van der Waals surface area (Å²) in [4.78, 5) is 2.56. The van der Waals surface area contributed by atoms with Crippen molar-refractivity contribution in [2.45, 2.75) is 26.4 Å². The molecule has 2 aromatic rings. The van der Waals surface area contributed by atoms with Crippen LogP contribution in [0.25, 0.3) is 0 Å². The second-order valence-corrected chi connectivity index (χ2v) is 6.22. The zero-order valence-electron chi connectivity index (χ0n) is 12.7. The third-order valence-electron chi connectivity index (χ3n) is 3.81. The molecule has 0 heterocycles. The van der Waals surface area contributed by atoms with Gasteiger partial charge in [0.1, 0.15) is 0 Å². The average Bonchev–Trinajstić information content (AvgIpc) is 2.54. The molecule has 2 heteroatoms. The van der Waals surface area contributed by atoms with Crippen molar-refractivity contribution in [3.63, 3.8) is 0 Å². The lowest BCUT2D eigenvalue weighted by Gasteiger charge is -2.26. The standard InChI is InChI=1S/C19H24BrN/c1-2-17(13-20)14-21(15-18-9-5-3-6-10-18)16-19-11-7-4-8-12-19/h3-12,17H,2,13-16H2,1H3. The molecule has 112 valence electrons. The minimum atomic E-state index is 0.706. The first-order valence-electron chi connectivity index (χ1n) is 7.68. The number of hydrogen-bond donors (Lipinski definition) is 0. The largest absolute Gasteiger partial charge is 0.295 e. The number of benzene rings is 2. The van der Waals surface area contributed by atoms with Gasteiger partial charge in [-0.15, -0.1) is 0 Å². The third kappa shape index (κ3) is 5.64. The fraction of sp³-hybridized carbons (Fsp3) is 0.368. The number of halogens is 1. The van der Waals surface area contributed by atoms with Gasteiger partial charge in [-0.1, -0.05) is 89.9 Å². The van der Waals surface area contributed by atoms with Crippen LogP contribution in [-0.2, 0) is 13.1 Å². The van der Waals surface area contributed by atoms with Crippen LogP contribution in [0.2, 0.25) is 0 Å². The number of nitrogens with zero attached hydrogens (tertiary/aromatic N) is 1. The van der Waals surface area contributed by atoms with Gasteiger partial charge >= 0.3 is 0 Å². The van der Waals surface area contributed by atoms with Crippen LogP contribution in [0.15, 0.2) is 60.7 Å². The summed E-state index contributed by atoms with van der Waals surface area (Å²) in [6, 6.07) is 21.5. The van der Waals surface area contributed by atoms with E-state index in [-0.39, 0.29) is 0 Å². The van der Waals surface area contributed by atoms with Crippen molar-refractivity contribution in [2.24, 2.45) is 5.92 Å². The van der Waals surface area contributed by atoms with E-state index in [0.717, 1.165) is 25.0 Å². The van der Waals surface area contributed by atoms with Crippen molar-refractivity contribution in [2.75, 3.05) is 11.9 Å². The van der Waals surface area contributed by atoms with Gasteiger partial charge in [0, 0.05) is 25.0 Å². The summed E-state index contributed by atoms with van der Waals surface area (Å²) >= 11 is 3.65. The van der Waals surface area contributed by atoms with E-state index in [4.69, 9.17) is 0 Å². The highest BCUT2D eigenvalue weighted by atomic mass is 79.9. The Kier molecular flexibility index (Phi) is 6.98. The summed E-state index contributed by atoms with van der Waals surface area (Å²) in [5.74, 6) is 0.706.